The lowest BCUT2D eigenvalue weighted by atomic mass is 10.1. The third-order valence-corrected chi connectivity index (χ3v) is 5.60. The Labute approximate surface area is 122 Å². The SMILES string of the molecule is CCCN(c1ccc(S(=O)(=O)CCC)cc1)C1CNC1. The van der Waals surface area contributed by atoms with Crippen molar-refractivity contribution in [3.05, 3.63) is 24.3 Å². The first kappa shape index (κ1) is 15.3. The highest BCUT2D eigenvalue weighted by molar-refractivity contribution is 7.91. The summed E-state index contributed by atoms with van der Waals surface area (Å²) < 4.78 is 24.0. The number of anilines is 1. The third-order valence-electron chi connectivity index (χ3n) is 3.67. The fraction of sp³-hybridized carbons (Fsp3) is 0.600. The third kappa shape index (κ3) is 3.33. The second-order valence-corrected chi connectivity index (χ2v) is 7.43. The number of sulfone groups is 1. The van der Waals surface area contributed by atoms with Gasteiger partial charge in [0, 0.05) is 25.3 Å². The minimum atomic E-state index is -3.11. The number of nitrogens with one attached hydrogen (secondary N) is 1. The molecule has 0 aliphatic carbocycles. The lowest BCUT2D eigenvalue weighted by molar-refractivity contribution is 0.412. The van der Waals surface area contributed by atoms with E-state index in [2.05, 4.69) is 17.1 Å². The molecular weight excluding hydrogens is 272 g/mol. The fourth-order valence-corrected chi connectivity index (χ4v) is 3.81. The average molecular weight is 296 g/mol. The van der Waals surface area contributed by atoms with Gasteiger partial charge in [-0.05, 0) is 37.1 Å². The van der Waals surface area contributed by atoms with Crippen molar-refractivity contribution in [2.45, 2.75) is 37.6 Å². The zero-order valence-electron chi connectivity index (χ0n) is 12.3. The predicted molar refractivity (Wildman–Crippen MR) is 83.1 cm³/mol. The van der Waals surface area contributed by atoms with Crippen LogP contribution in [0.1, 0.15) is 26.7 Å². The monoisotopic (exact) mass is 296 g/mol. The van der Waals surface area contributed by atoms with Crippen molar-refractivity contribution in [2.75, 3.05) is 30.3 Å². The summed E-state index contributed by atoms with van der Waals surface area (Å²) >= 11 is 0. The number of rotatable bonds is 7. The van der Waals surface area contributed by atoms with Gasteiger partial charge in [0.1, 0.15) is 0 Å². The molecule has 1 aromatic rings. The maximum Gasteiger partial charge on any atom is 0.178 e. The Hall–Kier alpha value is -1.07. The highest BCUT2D eigenvalue weighted by Crippen LogP contribution is 2.22. The average Bonchev–Trinajstić information content (AvgIpc) is 2.36. The molecule has 1 fully saturated rings. The van der Waals surface area contributed by atoms with Gasteiger partial charge in [-0.3, -0.25) is 0 Å². The molecule has 1 aromatic carbocycles. The van der Waals surface area contributed by atoms with Crippen LogP contribution in [0.15, 0.2) is 29.2 Å². The van der Waals surface area contributed by atoms with Crippen molar-refractivity contribution >= 4 is 15.5 Å². The predicted octanol–water partition coefficient (Wildman–Crippen LogP) is 2.06. The van der Waals surface area contributed by atoms with Gasteiger partial charge in [-0.25, -0.2) is 8.42 Å². The molecule has 0 radical (unpaired) electrons. The Bertz CT molecular complexity index is 521. The van der Waals surface area contributed by atoms with Gasteiger partial charge >= 0.3 is 0 Å². The Morgan fingerprint density at radius 2 is 1.80 bits per heavy atom. The summed E-state index contributed by atoms with van der Waals surface area (Å²) in [5.41, 5.74) is 1.12. The summed E-state index contributed by atoms with van der Waals surface area (Å²) in [4.78, 5) is 2.80. The van der Waals surface area contributed by atoms with E-state index in [-0.39, 0.29) is 5.75 Å². The molecule has 0 saturated carbocycles. The van der Waals surface area contributed by atoms with E-state index in [9.17, 15) is 8.42 Å². The van der Waals surface area contributed by atoms with Gasteiger partial charge in [0.15, 0.2) is 9.84 Å². The Morgan fingerprint density at radius 1 is 1.15 bits per heavy atom. The van der Waals surface area contributed by atoms with Gasteiger partial charge in [-0.1, -0.05) is 13.8 Å². The fourth-order valence-electron chi connectivity index (χ4n) is 2.49. The molecular formula is C15H24N2O2S. The van der Waals surface area contributed by atoms with E-state index in [0.29, 0.717) is 17.4 Å². The Kier molecular flexibility index (Phi) is 5.05. The van der Waals surface area contributed by atoms with Crippen molar-refractivity contribution in [3.8, 4) is 0 Å². The standard InChI is InChI=1S/C15H24N2O2S/c1-3-9-17(14-11-16-12-14)13-5-7-15(8-6-13)20(18,19)10-4-2/h5-8,14,16H,3-4,9-12H2,1-2H3. The van der Waals surface area contributed by atoms with Crippen molar-refractivity contribution in [2.24, 2.45) is 0 Å². The van der Waals surface area contributed by atoms with Gasteiger partial charge in [0.2, 0.25) is 0 Å². The van der Waals surface area contributed by atoms with Gasteiger partial charge in [-0.2, -0.15) is 0 Å². The van der Waals surface area contributed by atoms with Crippen molar-refractivity contribution in [1.82, 2.24) is 5.32 Å². The van der Waals surface area contributed by atoms with E-state index in [1.54, 1.807) is 12.1 Å². The molecule has 1 saturated heterocycles. The molecule has 1 heterocycles. The van der Waals surface area contributed by atoms with Crippen LogP contribution < -0.4 is 10.2 Å². The van der Waals surface area contributed by atoms with E-state index >= 15 is 0 Å². The van der Waals surface area contributed by atoms with E-state index < -0.39 is 9.84 Å². The molecule has 0 unspecified atom stereocenters. The van der Waals surface area contributed by atoms with Gasteiger partial charge < -0.3 is 10.2 Å². The van der Waals surface area contributed by atoms with Crippen LogP contribution in [-0.4, -0.2) is 39.8 Å². The molecule has 4 nitrogen and oxygen atoms in total. The van der Waals surface area contributed by atoms with E-state index in [1.807, 2.05) is 19.1 Å². The summed E-state index contributed by atoms with van der Waals surface area (Å²) in [6.45, 7) is 7.08. The van der Waals surface area contributed by atoms with Crippen molar-refractivity contribution in [1.29, 1.82) is 0 Å². The van der Waals surface area contributed by atoms with Gasteiger partial charge in [0.05, 0.1) is 16.7 Å². The summed E-state index contributed by atoms with van der Waals surface area (Å²) in [6.07, 6.45) is 1.74. The maximum absolute atomic E-state index is 12.0. The van der Waals surface area contributed by atoms with Crippen LogP contribution in [0.2, 0.25) is 0 Å². The molecule has 0 spiro atoms. The lowest BCUT2D eigenvalue weighted by Gasteiger charge is -2.39. The number of benzene rings is 1. The maximum atomic E-state index is 12.0. The van der Waals surface area contributed by atoms with E-state index in [0.717, 1.165) is 31.7 Å². The van der Waals surface area contributed by atoms with E-state index in [1.165, 1.54) is 0 Å². The number of hydrogen-bond donors (Lipinski definition) is 1. The molecule has 0 aromatic heterocycles. The Balaban J connectivity index is 2.17. The quantitative estimate of drug-likeness (QED) is 0.837. The molecule has 0 amide bonds. The molecule has 5 heteroatoms. The molecule has 0 atom stereocenters. The number of nitrogens with zero attached hydrogens (tertiary/aromatic N) is 1. The summed E-state index contributed by atoms with van der Waals surface area (Å²) in [5.74, 6) is 0.220. The second-order valence-electron chi connectivity index (χ2n) is 5.32. The van der Waals surface area contributed by atoms with Crippen molar-refractivity contribution < 1.29 is 8.42 Å². The molecule has 112 valence electrons. The highest BCUT2D eigenvalue weighted by atomic mass is 32.2. The van der Waals surface area contributed by atoms with Crippen LogP contribution in [0.25, 0.3) is 0 Å². The topological polar surface area (TPSA) is 49.4 Å². The summed E-state index contributed by atoms with van der Waals surface area (Å²) in [7, 11) is -3.11. The van der Waals surface area contributed by atoms with Crippen LogP contribution in [0.5, 0.6) is 0 Å². The minimum absolute atomic E-state index is 0.220. The molecule has 2 rings (SSSR count). The Morgan fingerprint density at radius 3 is 2.25 bits per heavy atom. The van der Waals surface area contributed by atoms with Crippen LogP contribution >= 0.6 is 0 Å². The molecule has 0 bridgehead atoms. The molecule has 1 N–H and O–H groups in total. The summed E-state index contributed by atoms with van der Waals surface area (Å²) in [6, 6.07) is 7.91. The highest BCUT2D eigenvalue weighted by Gasteiger charge is 2.24. The molecule has 1 aliphatic rings. The number of hydrogen-bond acceptors (Lipinski definition) is 4. The first-order chi connectivity index (χ1) is 9.58. The molecule has 20 heavy (non-hydrogen) atoms. The van der Waals surface area contributed by atoms with Crippen molar-refractivity contribution in [3.63, 3.8) is 0 Å². The summed E-state index contributed by atoms with van der Waals surface area (Å²) in [5, 5.41) is 3.28. The largest absolute Gasteiger partial charge is 0.366 e. The van der Waals surface area contributed by atoms with Crippen LogP contribution in [0.4, 0.5) is 5.69 Å². The van der Waals surface area contributed by atoms with Crippen LogP contribution in [0.3, 0.4) is 0 Å². The lowest BCUT2D eigenvalue weighted by Crippen LogP contribution is -2.57. The first-order valence-electron chi connectivity index (χ1n) is 7.38. The van der Waals surface area contributed by atoms with Gasteiger partial charge in [-0.15, -0.1) is 0 Å². The van der Waals surface area contributed by atoms with E-state index in [4.69, 9.17) is 0 Å². The smallest absolute Gasteiger partial charge is 0.178 e. The van der Waals surface area contributed by atoms with Gasteiger partial charge in [0.25, 0.3) is 0 Å². The molecule has 1 aliphatic heterocycles. The second kappa shape index (κ2) is 6.59. The van der Waals surface area contributed by atoms with Crippen LogP contribution in [0, 0.1) is 0 Å². The minimum Gasteiger partial charge on any atom is -0.366 e. The van der Waals surface area contributed by atoms with Crippen LogP contribution in [-0.2, 0) is 9.84 Å². The zero-order chi connectivity index (χ0) is 14.6. The zero-order valence-corrected chi connectivity index (χ0v) is 13.1. The first-order valence-corrected chi connectivity index (χ1v) is 9.04. The normalized spacial score (nSPS) is 15.9.